The fraction of sp³-hybridized carbons (Fsp3) is 0.231. The number of piperazine rings is 1. The van der Waals surface area contributed by atoms with Crippen molar-refractivity contribution >= 4 is 73.0 Å². The second kappa shape index (κ2) is 10.3. The zero-order valence-corrected chi connectivity index (χ0v) is 23.4. The van der Waals surface area contributed by atoms with E-state index >= 15 is 0 Å². The topological polar surface area (TPSA) is 114 Å². The van der Waals surface area contributed by atoms with Crippen LogP contribution in [0.25, 0.3) is 22.1 Å². The molecule has 1 amide bonds. The predicted molar refractivity (Wildman–Crippen MR) is 153 cm³/mol. The van der Waals surface area contributed by atoms with Crippen molar-refractivity contribution in [2.45, 2.75) is 6.92 Å². The van der Waals surface area contributed by atoms with Gasteiger partial charge in [0.25, 0.3) is 0 Å². The summed E-state index contributed by atoms with van der Waals surface area (Å²) in [5.41, 5.74) is 3.63. The molecule has 1 saturated heterocycles. The summed E-state index contributed by atoms with van der Waals surface area (Å²) >= 11 is 10.3. The third kappa shape index (κ3) is 5.04. The lowest BCUT2D eigenvalue weighted by Gasteiger charge is -2.34. The monoisotopic (exact) mass is 607 g/mol. The molecule has 13 heteroatoms. The number of hydrogen-bond donors (Lipinski definition) is 1. The van der Waals surface area contributed by atoms with Crippen LogP contribution in [0, 0.1) is 0 Å². The lowest BCUT2D eigenvalue weighted by molar-refractivity contribution is -0.129. The Labute approximate surface area is 236 Å². The molecule has 0 bridgehead atoms. The van der Waals surface area contributed by atoms with Crippen LogP contribution in [0.3, 0.4) is 0 Å². The van der Waals surface area contributed by atoms with Gasteiger partial charge in [0.1, 0.15) is 28.9 Å². The minimum absolute atomic E-state index is 0.0719. The van der Waals surface area contributed by atoms with E-state index < -0.39 is 0 Å². The number of ether oxygens (including phenoxy) is 1. The fourth-order valence-electron chi connectivity index (χ4n) is 4.45. The Kier molecular flexibility index (Phi) is 6.65. The van der Waals surface area contributed by atoms with Gasteiger partial charge >= 0.3 is 0 Å². The molecular weight excluding hydrogens is 586 g/mol. The highest BCUT2D eigenvalue weighted by atomic mass is 79.9. The molecule has 2 aromatic carbocycles. The maximum Gasteiger partial charge on any atom is 0.226 e. The van der Waals surface area contributed by atoms with Crippen LogP contribution in [-0.4, -0.2) is 66.5 Å². The van der Waals surface area contributed by atoms with Crippen LogP contribution in [0.15, 0.2) is 53.7 Å². The molecule has 0 atom stereocenters. The third-order valence-electron chi connectivity index (χ3n) is 6.57. The summed E-state index contributed by atoms with van der Waals surface area (Å²) in [5.74, 6) is 2.33. The van der Waals surface area contributed by atoms with Gasteiger partial charge in [0, 0.05) is 52.3 Å². The molecule has 0 unspecified atom stereocenters. The summed E-state index contributed by atoms with van der Waals surface area (Å²) in [6.45, 7) is 4.13. The molecule has 1 N–H and O–H groups in total. The van der Waals surface area contributed by atoms with Crippen LogP contribution in [0.5, 0.6) is 11.5 Å². The average molecular weight is 609 g/mol. The number of hydrogen-bond acceptors (Lipinski definition) is 9. The highest BCUT2D eigenvalue weighted by Gasteiger charge is 2.21. The van der Waals surface area contributed by atoms with Gasteiger partial charge < -0.3 is 24.4 Å². The van der Waals surface area contributed by atoms with E-state index in [4.69, 9.17) is 21.3 Å². The van der Waals surface area contributed by atoms with E-state index in [1.54, 1.807) is 25.5 Å². The molecule has 198 valence electrons. The van der Waals surface area contributed by atoms with Gasteiger partial charge in [0.05, 0.1) is 38.7 Å². The van der Waals surface area contributed by atoms with Gasteiger partial charge in [-0.2, -0.15) is 0 Å². The lowest BCUT2D eigenvalue weighted by Crippen LogP contribution is -2.48. The van der Waals surface area contributed by atoms with Gasteiger partial charge in [-0.1, -0.05) is 11.6 Å². The summed E-state index contributed by atoms with van der Waals surface area (Å²) in [6, 6.07) is 9.29. The molecule has 1 aliphatic rings. The van der Waals surface area contributed by atoms with E-state index in [0.717, 1.165) is 11.0 Å². The van der Waals surface area contributed by atoms with E-state index in [9.17, 15) is 4.79 Å². The number of nitrogens with one attached hydrogen (secondary N) is 1. The Hall–Kier alpha value is -4.03. The molecule has 6 rings (SSSR count). The van der Waals surface area contributed by atoms with Gasteiger partial charge in [-0.25, -0.2) is 24.9 Å². The Morgan fingerprint density at radius 1 is 1.05 bits per heavy atom. The zero-order valence-electron chi connectivity index (χ0n) is 21.1. The van der Waals surface area contributed by atoms with Crippen LogP contribution in [0.4, 0.5) is 17.5 Å². The quantitative estimate of drug-likeness (QED) is 0.297. The maximum atomic E-state index is 11.7. The molecule has 39 heavy (non-hydrogen) atoms. The number of aromatic nitrogens is 6. The number of nitrogens with zero attached hydrogens (tertiary/aromatic N) is 8. The smallest absolute Gasteiger partial charge is 0.226 e. The van der Waals surface area contributed by atoms with E-state index in [0.29, 0.717) is 75.7 Å². The van der Waals surface area contributed by atoms with Crippen LogP contribution in [0.1, 0.15) is 6.92 Å². The lowest BCUT2D eigenvalue weighted by atomic mass is 10.2. The number of imidazole rings is 1. The summed E-state index contributed by atoms with van der Waals surface area (Å²) in [6.07, 6.45) is 4.89. The van der Waals surface area contributed by atoms with Crippen LogP contribution >= 0.6 is 27.5 Å². The van der Waals surface area contributed by atoms with Crippen LogP contribution < -0.4 is 15.0 Å². The van der Waals surface area contributed by atoms with Gasteiger partial charge in [0.2, 0.25) is 11.9 Å². The normalized spacial score (nSPS) is 13.7. The van der Waals surface area contributed by atoms with E-state index in [1.807, 2.05) is 45.7 Å². The van der Waals surface area contributed by atoms with E-state index in [-0.39, 0.29) is 5.91 Å². The van der Waals surface area contributed by atoms with Crippen molar-refractivity contribution in [2.24, 2.45) is 7.05 Å². The second-order valence-electron chi connectivity index (χ2n) is 9.11. The molecule has 3 aromatic heterocycles. The molecule has 0 saturated carbocycles. The number of anilines is 3. The highest BCUT2D eigenvalue weighted by Crippen LogP contribution is 2.39. The number of rotatable bonds is 5. The van der Waals surface area contributed by atoms with Crippen LogP contribution in [-0.2, 0) is 11.8 Å². The summed E-state index contributed by atoms with van der Waals surface area (Å²) in [5, 5.41) is 3.72. The SMILES string of the molecule is CC(=O)N1CCN(c2ncc3ncnc(Nc4cc(Br)c(Oc5ccc6c(c5)ncn6C)cc4Cl)c3n2)CC1. The molecular formula is C26H23BrClN9O2. The summed E-state index contributed by atoms with van der Waals surface area (Å²) in [7, 11) is 1.95. The van der Waals surface area contributed by atoms with Crippen molar-refractivity contribution in [1.29, 1.82) is 0 Å². The Morgan fingerprint density at radius 2 is 1.87 bits per heavy atom. The van der Waals surface area contributed by atoms with Crippen molar-refractivity contribution in [3.8, 4) is 11.5 Å². The molecule has 4 heterocycles. The minimum atomic E-state index is 0.0719. The first-order valence-electron chi connectivity index (χ1n) is 12.2. The minimum Gasteiger partial charge on any atom is -0.456 e. The molecule has 11 nitrogen and oxygen atoms in total. The molecule has 0 aliphatic carbocycles. The largest absolute Gasteiger partial charge is 0.456 e. The molecule has 0 radical (unpaired) electrons. The summed E-state index contributed by atoms with van der Waals surface area (Å²) < 4.78 is 8.75. The number of carbonyl (C=O) groups is 1. The van der Waals surface area contributed by atoms with Crippen molar-refractivity contribution < 1.29 is 9.53 Å². The number of aryl methyl sites for hydroxylation is 1. The second-order valence-corrected chi connectivity index (χ2v) is 10.4. The van der Waals surface area contributed by atoms with E-state index in [2.05, 4.69) is 41.2 Å². The number of amides is 1. The van der Waals surface area contributed by atoms with Crippen molar-refractivity contribution in [3.05, 3.63) is 58.7 Å². The fourth-order valence-corrected chi connectivity index (χ4v) is 5.07. The number of benzene rings is 2. The highest BCUT2D eigenvalue weighted by molar-refractivity contribution is 9.10. The molecule has 0 spiro atoms. The van der Waals surface area contributed by atoms with E-state index in [1.165, 1.54) is 6.33 Å². The van der Waals surface area contributed by atoms with Crippen molar-refractivity contribution in [3.63, 3.8) is 0 Å². The molecule has 5 aromatic rings. The van der Waals surface area contributed by atoms with Gasteiger partial charge in [0.15, 0.2) is 5.82 Å². The number of carbonyl (C=O) groups excluding carboxylic acids is 1. The summed E-state index contributed by atoms with van der Waals surface area (Å²) in [4.78, 5) is 37.9. The van der Waals surface area contributed by atoms with Gasteiger partial charge in [-0.3, -0.25) is 4.79 Å². The number of halogens is 2. The first-order valence-corrected chi connectivity index (χ1v) is 13.4. The zero-order chi connectivity index (χ0) is 27.1. The predicted octanol–water partition coefficient (Wildman–Crippen LogP) is 4.93. The maximum absolute atomic E-state index is 11.7. The average Bonchev–Trinajstić information content (AvgIpc) is 3.31. The third-order valence-corrected chi connectivity index (χ3v) is 7.50. The first kappa shape index (κ1) is 25.3. The van der Waals surface area contributed by atoms with Gasteiger partial charge in [-0.15, -0.1) is 0 Å². The van der Waals surface area contributed by atoms with Crippen LogP contribution in [0.2, 0.25) is 5.02 Å². The standard InChI is InChI=1S/C26H23BrClN9O2/c1-15(38)36-5-7-37(8-6-36)26-29-12-21-24(34-26)25(31-13-30-21)33-19-10-17(27)23(11-18(19)28)39-16-3-4-22-20(9-16)32-14-35(22)2/h3-4,9-14H,5-8H2,1-2H3,(H,30,31,33). The Balaban J connectivity index is 1.25. The Morgan fingerprint density at radius 3 is 2.67 bits per heavy atom. The first-order chi connectivity index (χ1) is 18.9. The molecule has 1 aliphatic heterocycles. The van der Waals surface area contributed by atoms with Gasteiger partial charge in [-0.05, 0) is 34.1 Å². The molecule has 1 fully saturated rings. The van der Waals surface area contributed by atoms with Crippen molar-refractivity contribution in [1.82, 2.24) is 34.4 Å². The number of fused-ring (bicyclic) bond motifs is 2. The van der Waals surface area contributed by atoms with Crippen molar-refractivity contribution in [2.75, 3.05) is 36.4 Å². The Bertz CT molecular complexity index is 1720.